The summed E-state index contributed by atoms with van der Waals surface area (Å²) >= 11 is 1.80. The van der Waals surface area contributed by atoms with Crippen molar-refractivity contribution < 1.29 is 4.74 Å². The first kappa shape index (κ1) is 15.7. The largest absolute Gasteiger partial charge is 0.464 e. The van der Waals surface area contributed by atoms with Crippen molar-refractivity contribution in [2.75, 3.05) is 5.88 Å². The molecule has 1 aromatic heterocycles. The van der Waals surface area contributed by atoms with Crippen LogP contribution in [0.2, 0.25) is 0 Å². The fourth-order valence-corrected chi connectivity index (χ4v) is 3.11. The quantitative estimate of drug-likeness (QED) is 0.864. The summed E-state index contributed by atoms with van der Waals surface area (Å²) in [5.41, 5.74) is 2.34. The number of thioether (sulfide) groups is 1. The summed E-state index contributed by atoms with van der Waals surface area (Å²) < 4.78 is 7.35. The molecule has 6 heteroatoms. The molecule has 0 unspecified atom stereocenters. The van der Waals surface area contributed by atoms with E-state index in [1.54, 1.807) is 24.4 Å². The SMILES string of the molecule is C1=CC2=C(NCS2)c2ccccc2O1.Cc1ncn(C(C)C)n1. The summed E-state index contributed by atoms with van der Waals surface area (Å²) in [5.74, 6) is 2.70. The minimum atomic E-state index is 0.422. The lowest BCUT2D eigenvalue weighted by atomic mass is 10.1. The van der Waals surface area contributed by atoms with Crippen molar-refractivity contribution in [1.82, 2.24) is 20.1 Å². The number of nitrogens with one attached hydrogen (secondary N) is 1. The molecule has 3 heterocycles. The number of aryl methyl sites for hydroxylation is 1. The summed E-state index contributed by atoms with van der Waals surface area (Å²) in [5, 5.41) is 7.48. The highest BCUT2D eigenvalue weighted by molar-refractivity contribution is 8.03. The van der Waals surface area contributed by atoms with Gasteiger partial charge in [0.1, 0.15) is 17.9 Å². The zero-order chi connectivity index (χ0) is 16.2. The standard InChI is InChI=1S/C11H9NOS.C6H11N3/c1-2-4-9-8(3-1)11-10(5-6-13-9)14-7-12-11;1-5(2)9-4-7-6(3)8-9/h1-6,12H,7H2;4-5H,1-3H3. The van der Waals surface area contributed by atoms with Crippen molar-refractivity contribution in [3.05, 3.63) is 59.2 Å². The monoisotopic (exact) mass is 328 g/mol. The van der Waals surface area contributed by atoms with Crippen LogP contribution in [-0.4, -0.2) is 20.6 Å². The second-order valence-corrected chi connectivity index (χ2v) is 6.50. The van der Waals surface area contributed by atoms with Crippen molar-refractivity contribution >= 4 is 17.5 Å². The van der Waals surface area contributed by atoms with Crippen molar-refractivity contribution in [3.8, 4) is 5.75 Å². The molecular weight excluding hydrogens is 308 g/mol. The molecule has 0 saturated heterocycles. The smallest absolute Gasteiger partial charge is 0.147 e. The number of nitrogens with zero attached hydrogens (tertiary/aromatic N) is 3. The van der Waals surface area contributed by atoms with Crippen LogP contribution in [-0.2, 0) is 0 Å². The van der Waals surface area contributed by atoms with Crippen molar-refractivity contribution in [1.29, 1.82) is 0 Å². The number of aromatic nitrogens is 3. The molecule has 0 atom stereocenters. The molecule has 0 radical (unpaired) electrons. The van der Waals surface area contributed by atoms with Gasteiger partial charge in [0.25, 0.3) is 0 Å². The molecule has 0 aliphatic carbocycles. The van der Waals surface area contributed by atoms with Gasteiger partial charge in [-0.2, -0.15) is 5.10 Å². The summed E-state index contributed by atoms with van der Waals surface area (Å²) in [6.45, 7) is 6.04. The number of rotatable bonds is 1. The van der Waals surface area contributed by atoms with Gasteiger partial charge in [0.05, 0.1) is 17.8 Å². The summed E-state index contributed by atoms with van der Waals surface area (Å²) in [6, 6.07) is 8.51. The number of allylic oxidation sites excluding steroid dienone is 1. The van der Waals surface area contributed by atoms with Crippen molar-refractivity contribution in [3.63, 3.8) is 0 Å². The molecule has 2 aromatic rings. The fraction of sp³-hybridized carbons (Fsp3) is 0.294. The summed E-state index contributed by atoms with van der Waals surface area (Å²) in [6.07, 6.45) is 5.52. The molecule has 0 bridgehead atoms. The molecule has 0 amide bonds. The Morgan fingerprint density at radius 2 is 2.13 bits per heavy atom. The van der Waals surface area contributed by atoms with Crippen LogP contribution in [0.4, 0.5) is 0 Å². The van der Waals surface area contributed by atoms with E-state index in [-0.39, 0.29) is 0 Å². The summed E-state index contributed by atoms with van der Waals surface area (Å²) in [4.78, 5) is 5.25. The zero-order valence-corrected chi connectivity index (χ0v) is 14.3. The first-order chi connectivity index (χ1) is 11.1. The number of ether oxygens (including phenoxy) is 1. The molecular formula is C17H20N4OS. The molecule has 120 valence electrons. The number of fused-ring (bicyclic) bond motifs is 2. The third kappa shape index (κ3) is 3.59. The van der Waals surface area contributed by atoms with E-state index in [0.717, 1.165) is 23.0 Å². The van der Waals surface area contributed by atoms with Gasteiger partial charge >= 0.3 is 0 Å². The molecule has 0 saturated carbocycles. The Morgan fingerprint density at radius 1 is 1.30 bits per heavy atom. The fourth-order valence-electron chi connectivity index (χ4n) is 2.26. The van der Waals surface area contributed by atoms with Gasteiger partial charge in [-0.3, -0.25) is 4.68 Å². The first-order valence-electron chi connectivity index (χ1n) is 7.56. The van der Waals surface area contributed by atoms with Crippen LogP contribution in [0.15, 0.2) is 47.8 Å². The van der Waals surface area contributed by atoms with E-state index in [1.165, 1.54) is 10.6 Å². The van der Waals surface area contributed by atoms with Gasteiger partial charge < -0.3 is 10.1 Å². The number of para-hydroxylation sites is 1. The van der Waals surface area contributed by atoms with Crippen molar-refractivity contribution in [2.24, 2.45) is 0 Å². The van der Waals surface area contributed by atoms with E-state index >= 15 is 0 Å². The van der Waals surface area contributed by atoms with Gasteiger partial charge in [-0.15, -0.1) is 11.8 Å². The normalized spacial score (nSPS) is 15.1. The highest BCUT2D eigenvalue weighted by Gasteiger charge is 2.19. The van der Waals surface area contributed by atoms with E-state index in [4.69, 9.17) is 4.74 Å². The predicted molar refractivity (Wildman–Crippen MR) is 93.9 cm³/mol. The van der Waals surface area contributed by atoms with Crippen LogP contribution in [0.3, 0.4) is 0 Å². The summed E-state index contributed by atoms with van der Waals surface area (Å²) in [7, 11) is 0. The van der Waals surface area contributed by atoms with Gasteiger partial charge in [0.2, 0.25) is 0 Å². The Balaban J connectivity index is 0.000000151. The zero-order valence-electron chi connectivity index (χ0n) is 13.5. The van der Waals surface area contributed by atoms with Gasteiger partial charge in [0.15, 0.2) is 0 Å². The van der Waals surface area contributed by atoms with Crippen LogP contribution >= 0.6 is 11.8 Å². The van der Waals surface area contributed by atoms with E-state index < -0.39 is 0 Å². The average molecular weight is 328 g/mol. The van der Waals surface area contributed by atoms with E-state index in [2.05, 4.69) is 35.3 Å². The van der Waals surface area contributed by atoms with E-state index in [1.807, 2.05) is 35.9 Å². The number of hydrogen-bond acceptors (Lipinski definition) is 5. The van der Waals surface area contributed by atoms with Crippen LogP contribution in [0.1, 0.15) is 31.3 Å². The van der Waals surface area contributed by atoms with Crippen LogP contribution < -0.4 is 10.1 Å². The second-order valence-electron chi connectivity index (χ2n) is 5.49. The predicted octanol–water partition coefficient (Wildman–Crippen LogP) is 3.72. The van der Waals surface area contributed by atoms with Crippen molar-refractivity contribution in [2.45, 2.75) is 26.8 Å². The maximum atomic E-state index is 5.51. The Kier molecular flexibility index (Phi) is 4.71. The average Bonchev–Trinajstić information content (AvgIpc) is 3.14. The molecule has 4 rings (SSSR count). The minimum Gasteiger partial charge on any atom is -0.464 e. The molecule has 1 aromatic carbocycles. The van der Waals surface area contributed by atoms with Gasteiger partial charge in [0, 0.05) is 16.5 Å². The molecule has 23 heavy (non-hydrogen) atoms. The van der Waals surface area contributed by atoms with Gasteiger partial charge in [-0.05, 0) is 39.0 Å². The molecule has 2 aliphatic heterocycles. The number of hydrogen-bond donors (Lipinski definition) is 1. The highest BCUT2D eigenvalue weighted by Crippen LogP contribution is 2.37. The number of benzene rings is 1. The van der Waals surface area contributed by atoms with E-state index in [9.17, 15) is 0 Å². The Hall–Kier alpha value is -2.21. The van der Waals surface area contributed by atoms with Crippen LogP contribution in [0, 0.1) is 6.92 Å². The first-order valence-corrected chi connectivity index (χ1v) is 8.55. The van der Waals surface area contributed by atoms with Gasteiger partial charge in [-0.1, -0.05) is 12.1 Å². The van der Waals surface area contributed by atoms with E-state index in [0.29, 0.717) is 6.04 Å². The minimum absolute atomic E-state index is 0.422. The maximum Gasteiger partial charge on any atom is 0.147 e. The Morgan fingerprint density at radius 3 is 2.83 bits per heavy atom. The van der Waals surface area contributed by atoms with Crippen LogP contribution in [0.25, 0.3) is 5.70 Å². The third-order valence-corrected chi connectivity index (χ3v) is 4.39. The van der Waals surface area contributed by atoms with Gasteiger partial charge in [-0.25, -0.2) is 4.98 Å². The second kappa shape index (κ2) is 6.91. The lowest BCUT2D eigenvalue weighted by Gasteiger charge is -2.07. The molecule has 2 aliphatic rings. The maximum absolute atomic E-state index is 5.51. The molecule has 0 spiro atoms. The molecule has 1 N–H and O–H groups in total. The lowest BCUT2D eigenvalue weighted by Crippen LogP contribution is -2.05. The Bertz CT molecular complexity index is 749. The Labute approximate surface area is 140 Å². The molecule has 5 nitrogen and oxygen atoms in total. The molecule has 0 fully saturated rings. The van der Waals surface area contributed by atoms with Crippen LogP contribution in [0.5, 0.6) is 5.75 Å². The highest BCUT2D eigenvalue weighted by atomic mass is 32.2. The third-order valence-electron chi connectivity index (χ3n) is 3.45. The topological polar surface area (TPSA) is 52.0 Å². The lowest BCUT2D eigenvalue weighted by molar-refractivity contribution is 0.480.